The first-order valence-corrected chi connectivity index (χ1v) is 6.06. The van der Waals surface area contributed by atoms with Gasteiger partial charge in [0, 0.05) is 11.5 Å². The van der Waals surface area contributed by atoms with Crippen molar-refractivity contribution in [3.05, 3.63) is 34.4 Å². The average molecular weight is 210 g/mol. The van der Waals surface area contributed by atoms with Gasteiger partial charge in [0.15, 0.2) is 0 Å². The lowest BCUT2D eigenvalue weighted by molar-refractivity contribution is 0.322. The number of aliphatic hydroxyl groups is 1. The predicted molar refractivity (Wildman–Crippen MR) is 63.9 cm³/mol. The summed E-state index contributed by atoms with van der Waals surface area (Å²) in [5.41, 5.74) is 5.49. The largest absolute Gasteiger partial charge is 0.396 e. The first-order chi connectivity index (χ1) is 6.65. The topological polar surface area (TPSA) is 20.2 Å². The normalized spacial score (nSPS) is 10.6. The van der Waals surface area contributed by atoms with Crippen molar-refractivity contribution in [1.29, 1.82) is 0 Å². The molecule has 1 N–H and O–H groups in total. The van der Waals surface area contributed by atoms with Gasteiger partial charge in [-0.1, -0.05) is 17.7 Å². The molecule has 0 aromatic heterocycles. The van der Waals surface area contributed by atoms with Gasteiger partial charge < -0.3 is 5.11 Å². The highest BCUT2D eigenvalue weighted by Gasteiger charge is 2.03. The van der Waals surface area contributed by atoms with Gasteiger partial charge in [0.25, 0.3) is 0 Å². The van der Waals surface area contributed by atoms with E-state index in [1.807, 2.05) is 0 Å². The van der Waals surface area contributed by atoms with Crippen LogP contribution in [0, 0.1) is 20.8 Å². The molecule has 1 aromatic carbocycles. The van der Waals surface area contributed by atoms with Gasteiger partial charge in [-0.2, -0.15) is 11.8 Å². The molecular formula is C12H18OS. The molecule has 0 aliphatic carbocycles. The molecule has 78 valence electrons. The van der Waals surface area contributed by atoms with Crippen molar-refractivity contribution in [1.82, 2.24) is 0 Å². The molecule has 1 rings (SSSR count). The predicted octanol–water partition coefficient (Wildman–Crippen LogP) is 2.84. The lowest BCUT2D eigenvalue weighted by Crippen LogP contribution is -1.95. The van der Waals surface area contributed by atoms with E-state index in [2.05, 4.69) is 32.9 Å². The minimum Gasteiger partial charge on any atom is -0.396 e. The number of thioether (sulfide) groups is 1. The molecule has 2 heteroatoms. The van der Waals surface area contributed by atoms with Gasteiger partial charge in [-0.05, 0) is 37.5 Å². The Morgan fingerprint density at radius 2 is 1.71 bits per heavy atom. The Kier molecular flexibility index (Phi) is 4.49. The van der Waals surface area contributed by atoms with Gasteiger partial charge in [0.1, 0.15) is 0 Å². The van der Waals surface area contributed by atoms with E-state index in [0.717, 1.165) is 11.5 Å². The summed E-state index contributed by atoms with van der Waals surface area (Å²) in [6.45, 7) is 6.73. The van der Waals surface area contributed by atoms with Crippen LogP contribution in [0.2, 0.25) is 0 Å². The van der Waals surface area contributed by atoms with Crippen LogP contribution in [-0.2, 0) is 5.75 Å². The molecule has 0 radical (unpaired) electrons. The summed E-state index contributed by atoms with van der Waals surface area (Å²) in [6, 6.07) is 4.45. The zero-order valence-electron chi connectivity index (χ0n) is 9.13. The third kappa shape index (κ3) is 3.03. The maximum absolute atomic E-state index is 8.71. The summed E-state index contributed by atoms with van der Waals surface area (Å²) in [5.74, 6) is 1.84. The molecule has 0 aliphatic rings. The van der Waals surface area contributed by atoms with E-state index in [9.17, 15) is 0 Å². The number of benzene rings is 1. The van der Waals surface area contributed by atoms with Crippen LogP contribution in [0.5, 0.6) is 0 Å². The molecule has 0 saturated heterocycles. The number of rotatable bonds is 4. The highest BCUT2D eigenvalue weighted by atomic mass is 32.2. The third-order valence-electron chi connectivity index (χ3n) is 2.32. The average Bonchev–Trinajstić information content (AvgIpc) is 2.09. The summed E-state index contributed by atoms with van der Waals surface area (Å²) in [4.78, 5) is 0. The van der Waals surface area contributed by atoms with Crippen LogP contribution in [0.1, 0.15) is 22.3 Å². The number of hydrogen-bond donors (Lipinski definition) is 1. The first kappa shape index (κ1) is 11.6. The van der Waals surface area contributed by atoms with E-state index in [4.69, 9.17) is 5.11 Å². The Bertz CT molecular complexity index is 284. The minimum atomic E-state index is 0.272. The van der Waals surface area contributed by atoms with E-state index in [0.29, 0.717) is 0 Å². The van der Waals surface area contributed by atoms with Gasteiger partial charge in [-0.25, -0.2) is 0 Å². The number of aliphatic hydroxyl groups excluding tert-OH is 1. The maximum atomic E-state index is 8.71. The molecule has 14 heavy (non-hydrogen) atoms. The molecule has 0 fully saturated rings. The molecule has 0 amide bonds. The lowest BCUT2D eigenvalue weighted by Gasteiger charge is -2.10. The van der Waals surface area contributed by atoms with Crippen LogP contribution in [0.4, 0.5) is 0 Å². The van der Waals surface area contributed by atoms with Crippen LogP contribution in [0.25, 0.3) is 0 Å². The van der Waals surface area contributed by atoms with Crippen molar-refractivity contribution in [3.63, 3.8) is 0 Å². The van der Waals surface area contributed by atoms with E-state index >= 15 is 0 Å². The fraction of sp³-hybridized carbons (Fsp3) is 0.500. The van der Waals surface area contributed by atoms with E-state index < -0.39 is 0 Å². The van der Waals surface area contributed by atoms with Crippen LogP contribution < -0.4 is 0 Å². The summed E-state index contributed by atoms with van der Waals surface area (Å²) < 4.78 is 0. The van der Waals surface area contributed by atoms with Crippen molar-refractivity contribution in [2.75, 3.05) is 12.4 Å². The highest BCUT2D eigenvalue weighted by Crippen LogP contribution is 2.21. The Morgan fingerprint density at radius 3 is 2.21 bits per heavy atom. The maximum Gasteiger partial charge on any atom is 0.0521 e. The number of aryl methyl sites for hydroxylation is 3. The van der Waals surface area contributed by atoms with Gasteiger partial charge in [0.2, 0.25) is 0 Å². The van der Waals surface area contributed by atoms with Crippen LogP contribution in [0.3, 0.4) is 0 Å². The van der Waals surface area contributed by atoms with Gasteiger partial charge in [-0.15, -0.1) is 0 Å². The Balaban J connectivity index is 2.75. The van der Waals surface area contributed by atoms with Crippen molar-refractivity contribution >= 4 is 11.8 Å². The zero-order valence-corrected chi connectivity index (χ0v) is 9.95. The Labute approximate surface area is 90.5 Å². The quantitative estimate of drug-likeness (QED) is 0.771. The minimum absolute atomic E-state index is 0.272. The van der Waals surface area contributed by atoms with Crippen LogP contribution in [0.15, 0.2) is 12.1 Å². The zero-order chi connectivity index (χ0) is 10.6. The number of hydrogen-bond acceptors (Lipinski definition) is 2. The summed E-state index contributed by atoms with van der Waals surface area (Å²) in [6.07, 6.45) is 0. The molecule has 1 nitrogen and oxygen atoms in total. The summed E-state index contributed by atoms with van der Waals surface area (Å²) in [5, 5.41) is 8.71. The molecule has 0 spiro atoms. The van der Waals surface area contributed by atoms with Crippen molar-refractivity contribution in [2.24, 2.45) is 0 Å². The second-order valence-corrected chi connectivity index (χ2v) is 4.76. The van der Waals surface area contributed by atoms with Gasteiger partial charge >= 0.3 is 0 Å². The van der Waals surface area contributed by atoms with Crippen molar-refractivity contribution in [3.8, 4) is 0 Å². The fourth-order valence-corrected chi connectivity index (χ4v) is 2.61. The van der Waals surface area contributed by atoms with E-state index in [1.165, 1.54) is 22.3 Å². The van der Waals surface area contributed by atoms with Crippen molar-refractivity contribution in [2.45, 2.75) is 26.5 Å². The van der Waals surface area contributed by atoms with Crippen LogP contribution in [-0.4, -0.2) is 17.5 Å². The molecule has 0 bridgehead atoms. The fourth-order valence-electron chi connectivity index (χ4n) is 1.68. The van der Waals surface area contributed by atoms with E-state index in [-0.39, 0.29) is 6.61 Å². The standard InChI is InChI=1S/C12H18OS/c1-9-6-10(2)12(11(3)7-9)8-14-5-4-13/h6-7,13H,4-5,8H2,1-3H3. The molecule has 0 aliphatic heterocycles. The SMILES string of the molecule is Cc1cc(C)c(CSCCO)c(C)c1. The summed E-state index contributed by atoms with van der Waals surface area (Å²) >= 11 is 1.79. The second kappa shape index (κ2) is 5.42. The van der Waals surface area contributed by atoms with E-state index in [1.54, 1.807) is 11.8 Å². The Morgan fingerprint density at radius 1 is 1.14 bits per heavy atom. The highest BCUT2D eigenvalue weighted by molar-refractivity contribution is 7.98. The first-order valence-electron chi connectivity index (χ1n) is 4.90. The molecular weight excluding hydrogens is 192 g/mol. The monoisotopic (exact) mass is 210 g/mol. The van der Waals surface area contributed by atoms with Gasteiger partial charge in [0.05, 0.1) is 6.61 Å². The molecule has 0 saturated carbocycles. The molecule has 0 unspecified atom stereocenters. The second-order valence-electron chi connectivity index (χ2n) is 3.65. The summed E-state index contributed by atoms with van der Waals surface area (Å²) in [7, 11) is 0. The van der Waals surface area contributed by atoms with Gasteiger partial charge in [-0.3, -0.25) is 0 Å². The Hall–Kier alpha value is -0.470. The van der Waals surface area contributed by atoms with Crippen LogP contribution >= 0.6 is 11.8 Å². The smallest absolute Gasteiger partial charge is 0.0521 e. The third-order valence-corrected chi connectivity index (χ3v) is 3.29. The molecule has 0 atom stereocenters. The van der Waals surface area contributed by atoms with Crippen molar-refractivity contribution < 1.29 is 5.11 Å². The molecule has 1 aromatic rings. The molecule has 0 heterocycles. The lowest BCUT2D eigenvalue weighted by atomic mass is 10.0.